The molecule has 0 aromatic heterocycles. The Morgan fingerprint density at radius 3 is 2.91 bits per heavy atom. The monoisotopic (exact) mass is 305 g/mol. The van der Waals surface area contributed by atoms with Crippen LogP contribution in [0.25, 0.3) is 0 Å². The first-order valence-electron chi connectivity index (χ1n) is 7.80. The predicted molar refractivity (Wildman–Crippen MR) is 86.0 cm³/mol. The fourth-order valence-corrected chi connectivity index (χ4v) is 3.00. The highest BCUT2D eigenvalue weighted by atomic mass is 16.6. The molecule has 1 saturated heterocycles. The topological polar surface area (TPSA) is 75.5 Å². The predicted octanol–water partition coefficient (Wildman–Crippen LogP) is 3.11. The fraction of sp³-hybridized carbons (Fsp3) is 0.562. The molecule has 6 nitrogen and oxygen atoms in total. The Labute approximate surface area is 130 Å². The molecular weight excluding hydrogens is 282 g/mol. The quantitative estimate of drug-likeness (QED) is 0.670. The average molecular weight is 305 g/mol. The number of amides is 1. The van der Waals surface area contributed by atoms with Gasteiger partial charge in [-0.15, -0.1) is 0 Å². The number of piperidine rings is 1. The lowest BCUT2D eigenvalue weighted by Crippen LogP contribution is -2.43. The minimum atomic E-state index is -0.460. The summed E-state index contributed by atoms with van der Waals surface area (Å²) < 4.78 is 0. The van der Waals surface area contributed by atoms with Crippen molar-refractivity contribution in [1.82, 2.24) is 4.90 Å². The third kappa shape index (κ3) is 4.04. The standard InChI is InChI=1S/C16H23N3O3/c1-3-13-6-4-5-9-18(13)11-16(20)17-14-8-7-12(2)10-15(14)19(21)22/h7-8,10,13H,3-6,9,11H2,1-2H3,(H,17,20). The molecule has 1 aromatic carbocycles. The van der Waals surface area contributed by atoms with Crippen LogP contribution in [0.4, 0.5) is 11.4 Å². The van der Waals surface area contributed by atoms with Crippen molar-refractivity contribution in [2.24, 2.45) is 0 Å². The third-order valence-corrected chi connectivity index (χ3v) is 4.19. The number of nitro groups is 1. The molecule has 0 spiro atoms. The summed E-state index contributed by atoms with van der Waals surface area (Å²) in [5, 5.41) is 13.8. The zero-order valence-electron chi connectivity index (χ0n) is 13.2. The molecule has 0 aliphatic carbocycles. The molecule has 1 aliphatic heterocycles. The van der Waals surface area contributed by atoms with Crippen LogP contribution < -0.4 is 5.32 Å². The largest absolute Gasteiger partial charge is 0.319 e. The number of rotatable bonds is 5. The van der Waals surface area contributed by atoms with Crippen LogP contribution in [0.1, 0.15) is 38.2 Å². The number of aryl methyl sites for hydroxylation is 1. The van der Waals surface area contributed by atoms with E-state index >= 15 is 0 Å². The summed E-state index contributed by atoms with van der Waals surface area (Å²) >= 11 is 0. The SMILES string of the molecule is CCC1CCCCN1CC(=O)Nc1ccc(C)cc1[N+](=O)[O-]. The van der Waals surface area contributed by atoms with Gasteiger partial charge in [-0.3, -0.25) is 19.8 Å². The summed E-state index contributed by atoms with van der Waals surface area (Å²) in [7, 11) is 0. The van der Waals surface area contributed by atoms with Crippen LogP contribution in [-0.4, -0.2) is 34.9 Å². The van der Waals surface area contributed by atoms with Crippen molar-refractivity contribution >= 4 is 17.3 Å². The number of hydrogen-bond acceptors (Lipinski definition) is 4. The maximum atomic E-state index is 12.2. The Balaban J connectivity index is 2.04. The van der Waals surface area contributed by atoms with E-state index in [4.69, 9.17) is 0 Å². The van der Waals surface area contributed by atoms with Gasteiger partial charge in [0, 0.05) is 12.1 Å². The summed E-state index contributed by atoms with van der Waals surface area (Å²) in [6.07, 6.45) is 4.46. The van der Waals surface area contributed by atoms with Crippen molar-refractivity contribution in [3.63, 3.8) is 0 Å². The number of carbonyl (C=O) groups is 1. The highest BCUT2D eigenvalue weighted by Gasteiger charge is 2.24. The van der Waals surface area contributed by atoms with E-state index in [-0.39, 0.29) is 17.3 Å². The van der Waals surface area contributed by atoms with Gasteiger partial charge in [-0.2, -0.15) is 0 Å². The van der Waals surface area contributed by atoms with Crippen LogP contribution in [0.3, 0.4) is 0 Å². The lowest BCUT2D eigenvalue weighted by molar-refractivity contribution is -0.384. The molecule has 0 bridgehead atoms. The van der Waals surface area contributed by atoms with E-state index in [9.17, 15) is 14.9 Å². The van der Waals surface area contributed by atoms with Gasteiger partial charge in [-0.05, 0) is 44.4 Å². The van der Waals surface area contributed by atoms with Crippen molar-refractivity contribution in [2.45, 2.75) is 45.6 Å². The first-order valence-corrected chi connectivity index (χ1v) is 7.80. The van der Waals surface area contributed by atoms with Gasteiger partial charge in [0.2, 0.25) is 5.91 Å². The lowest BCUT2D eigenvalue weighted by Gasteiger charge is -2.34. The molecule has 22 heavy (non-hydrogen) atoms. The first-order chi connectivity index (χ1) is 10.5. The molecule has 1 amide bonds. The zero-order valence-corrected chi connectivity index (χ0v) is 13.2. The third-order valence-electron chi connectivity index (χ3n) is 4.19. The minimum absolute atomic E-state index is 0.0564. The minimum Gasteiger partial charge on any atom is -0.319 e. The molecule has 1 aliphatic rings. The second-order valence-corrected chi connectivity index (χ2v) is 5.85. The number of carbonyl (C=O) groups excluding carboxylic acids is 1. The van der Waals surface area contributed by atoms with Crippen LogP contribution in [0, 0.1) is 17.0 Å². The molecule has 1 fully saturated rings. The molecule has 6 heteroatoms. The van der Waals surface area contributed by atoms with Gasteiger partial charge in [0.25, 0.3) is 5.69 Å². The average Bonchev–Trinajstić information content (AvgIpc) is 2.49. The number of benzene rings is 1. The van der Waals surface area contributed by atoms with Gasteiger partial charge in [0.05, 0.1) is 11.5 Å². The van der Waals surface area contributed by atoms with Crippen molar-refractivity contribution in [2.75, 3.05) is 18.4 Å². The zero-order chi connectivity index (χ0) is 16.1. The van der Waals surface area contributed by atoms with Crippen LogP contribution in [0.5, 0.6) is 0 Å². The molecule has 1 atom stereocenters. The van der Waals surface area contributed by atoms with E-state index < -0.39 is 4.92 Å². The number of nitrogens with one attached hydrogen (secondary N) is 1. The normalized spacial score (nSPS) is 18.9. The summed E-state index contributed by atoms with van der Waals surface area (Å²) in [4.78, 5) is 25.0. The van der Waals surface area contributed by atoms with Crippen molar-refractivity contribution in [3.05, 3.63) is 33.9 Å². The van der Waals surface area contributed by atoms with Gasteiger partial charge in [-0.1, -0.05) is 19.4 Å². The van der Waals surface area contributed by atoms with Crippen molar-refractivity contribution in [1.29, 1.82) is 0 Å². The van der Waals surface area contributed by atoms with Crippen molar-refractivity contribution in [3.8, 4) is 0 Å². The van der Waals surface area contributed by atoms with Gasteiger partial charge in [-0.25, -0.2) is 0 Å². The number of nitrogens with zero attached hydrogens (tertiary/aromatic N) is 2. The molecule has 2 rings (SSSR count). The molecule has 0 radical (unpaired) electrons. The van der Waals surface area contributed by atoms with E-state index in [1.54, 1.807) is 19.1 Å². The summed E-state index contributed by atoms with van der Waals surface area (Å²) in [6.45, 7) is 5.13. The van der Waals surface area contributed by atoms with Crippen molar-refractivity contribution < 1.29 is 9.72 Å². The summed E-state index contributed by atoms with van der Waals surface area (Å²) in [5.74, 6) is -0.188. The van der Waals surface area contributed by atoms with E-state index in [1.165, 1.54) is 12.5 Å². The lowest BCUT2D eigenvalue weighted by atomic mass is 10.00. The Hall–Kier alpha value is -1.95. The number of nitro benzene ring substituents is 1. The molecular formula is C16H23N3O3. The van der Waals surface area contributed by atoms with Gasteiger partial charge >= 0.3 is 0 Å². The van der Waals surface area contributed by atoms with E-state index in [0.29, 0.717) is 12.6 Å². The molecule has 1 unspecified atom stereocenters. The molecule has 1 heterocycles. The molecule has 0 saturated carbocycles. The van der Waals surface area contributed by atoms with E-state index in [0.717, 1.165) is 31.4 Å². The van der Waals surface area contributed by atoms with Crippen LogP contribution in [0.15, 0.2) is 18.2 Å². The van der Waals surface area contributed by atoms with Crippen LogP contribution >= 0.6 is 0 Å². The second kappa shape index (κ2) is 7.35. The maximum absolute atomic E-state index is 12.2. The Kier molecular flexibility index (Phi) is 5.49. The van der Waals surface area contributed by atoms with Gasteiger partial charge in [0.15, 0.2) is 0 Å². The molecule has 1 aromatic rings. The van der Waals surface area contributed by atoms with E-state index in [2.05, 4.69) is 17.1 Å². The number of anilines is 1. The first kappa shape index (κ1) is 16.4. The van der Waals surface area contributed by atoms with E-state index in [1.807, 2.05) is 0 Å². The second-order valence-electron chi connectivity index (χ2n) is 5.85. The Morgan fingerprint density at radius 1 is 1.45 bits per heavy atom. The van der Waals surface area contributed by atoms with Crippen LogP contribution in [0.2, 0.25) is 0 Å². The number of hydrogen-bond donors (Lipinski definition) is 1. The summed E-state index contributed by atoms with van der Waals surface area (Å²) in [5.41, 5.74) is 1.01. The Morgan fingerprint density at radius 2 is 2.23 bits per heavy atom. The highest BCUT2D eigenvalue weighted by molar-refractivity contribution is 5.94. The Bertz CT molecular complexity index is 560. The van der Waals surface area contributed by atoms with Crippen LogP contribution in [-0.2, 0) is 4.79 Å². The molecule has 120 valence electrons. The van der Waals surface area contributed by atoms with Gasteiger partial charge in [0.1, 0.15) is 5.69 Å². The fourth-order valence-electron chi connectivity index (χ4n) is 3.00. The molecule has 1 N–H and O–H groups in total. The van der Waals surface area contributed by atoms with Gasteiger partial charge < -0.3 is 5.32 Å². The smallest absolute Gasteiger partial charge is 0.293 e. The highest BCUT2D eigenvalue weighted by Crippen LogP contribution is 2.25. The maximum Gasteiger partial charge on any atom is 0.293 e. The summed E-state index contributed by atoms with van der Waals surface area (Å²) in [6, 6.07) is 5.27. The number of likely N-dealkylation sites (tertiary alicyclic amines) is 1.